The van der Waals surface area contributed by atoms with E-state index < -0.39 is 0 Å². The van der Waals surface area contributed by atoms with Crippen LogP contribution < -0.4 is 10.1 Å². The summed E-state index contributed by atoms with van der Waals surface area (Å²) < 4.78 is 6.73. The minimum atomic E-state index is -0.201. The summed E-state index contributed by atoms with van der Waals surface area (Å²) >= 11 is 4.37. The van der Waals surface area contributed by atoms with Crippen LogP contribution in [0.2, 0.25) is 0 Å². The minimum Gasteiger partial charge on any atom is -0.497 e. The topological polar surface area (TPSA) is 84.4 Å². The normalized spacial score (nSPS) is 10.4. The number of rotatable bonds is 9. The maximum atomic E-state index is 11.8. The highest BCUT2D eigenvalue weighted by Crippen LogP contribution is 2.30. The minimum absolute atomic E-state index is 0.00543. The number of aromatic nitrogens is 2. The molecule has 0 aliphatic heterocycles. The summed E-state index contributed by atoms with van der Waals surface area (Å²) in [5, 5.41) is 10.8. The van der Waals surface area contributed by atoms with Gasteiger partial charge in [-0.25, -0.2) is 0 Å². The molecule has 0 aliphatic rings. The number of hydrogen-bond donors (Lipinski definition) is 1. The Morgan fingerprint density at radius 2 is 1.81 bits per heavy atom. The van der Waals surface area contributed by atoms with Gasteiger partial charge in [0.15, 0.2) is 8.68 Å². The first-order chi connectivity index (χ1) is 12.5. The highest BCUT2D eigenvalue weighted by atomic mass is 32.2. The molecule has 0 radical (unpaired) electrons. The quantitative estimate of drug-likeness (QED) is 0.632. The van der Waals surface area contributed by atoms with Crippen LogP contribution in [0.25, 0.3) is 0 Å². The van der Waals surface area contributed by atoms with Crippen molar-refractivity contribution in [2.45, 2.75) is 14.4 Å². The van der Waals surface area contributed by atoms with E-state index in [1.807, 2.05) is 24.3 Å². The molecule has 10 heteroatoms. The van der Waals surface area contributed by atoms with Crippen molar-refractivity contribution in [3.05, 3.63) is 29.8 Å². The molecule has 1 aromatic carbocycles. The van der Waals surface area contributed by atoms with Crippen molar-refractivity contribution in [2.75, 3.05) is 33.5 Å². The van der Waals surface area contributed by atoms with Crippen LogP contribution in [-0.2, 0) is 15.3 Å². The molecule has 0 bridgehead atoms. The van der Waals surface area contributed by atoms with Gasteiger partial charge >= 0.3 is 0 Å². The Morgan fingerprint density at radius 3 is 2.42 bits per heavy atom. The van der Waals surface area contributed by atoms with Crippen LogP contribution in [0.5, 0.6) is 5.75 Å². The molecule has 0 saturated heterocycles. The van der Waals surface area contributed by atoms with Crippen LogP contribution in [0.3, 0.4) is 0 Å². The van der Waals surface area contributed by atoms with E-state index in [4.69, 9.17) is 4.74 Å². The Kier molecular flexibility index (Phi) is 8.20. The van der Waals surface area contributed by atoms with Crippen LogP contribution in [0.15, 0.2) is 32.9 Å². The van der Waals surface area contributed by atoms with Gasteiger partial charge in [0.05, 0.1) is 19.4 Å². The van der Waals surface area contributed by atoms with Gasteiger partial charge in [0, 0.05) is 19.8 Å². The first kappa shape index (κ1) is 20.5. The van der Waals surface area contributed by atoms with Crippen molar-refractivity contribution in [3.8, 4) is 5.75 Å². The van der Waals surface area contributed by atoms with Crippen molar-refractivity contribution >= 4 is 46.7 Å². The zero-order valence-electron chi connectivity index (χ0n) is 14.7. The van der Waals surface area contributed by atoms with E-state index in [0.717, 1.165) is 20.2 Å². The lowest BCUT2D eigenvalue weighted by Gasteiger charge is -2.10. The molecular formula is C16H20N4O3S3. The second-order valence-corrected chi connectivity index (χ2v) is 8.75. The van der Waals surface area contributed by atoms with E-state index >= 15 is 0 Å². The lowest BCUT2D eigenvalue weighted by Crippen LogP contribution is -2.36. The monoisotopic (exact) mass is 412 g/mol. The fraction of sp³-hybridized carbons (Fsp3) is 0.375. The maximum absolute atomic E-state index is 11.8. The maximum Gasteiger partial charge on any atom is 0.241 e. The Hall–Kier alpha value is -1.78. The van der Waals surface area contributed by atoms with Crippen molar-refractivity contribution in [3.63, 3.8) is 0 Å². The summed E-state index contributed by atoms with van der Waals surface area (Å²) in [6, 6.07) is 7.89. The number of thioether (sulfide) groups is 2. The van der Waals surface area contributed by atoms with E-state index in [9.17, 15) is 9.59 Å². The molecule has 1 N–H and O–H groups in total. The van der Waals surface area contributed by atoms with Gasteiger partial charge in [-0.15, -0.1) is 10.2 Å². The molecule has 2 aromatic rings. The van der Waals surface area contributed by atoms with Gasteiger partial charge in [0.25, 0.3) is 0 Å². The lowest BCUT2D eigenvalue weighted by molar-refractivity contribution is -0.130. The molecular weight excluding hydrogens is 392 g/mol. The van der Waals surface area contributed by atoms with Crippen molar-refractivity contribution in [1.82, 2.24) is 20.4 Å². The van der Waals surface area contributed by atoms with Crippen LogP contribution in [-0.4, -0.2) is 60.4 Å². The Morgan fingerprint density at radius 1 is 1.15 bits per heavy atom. The molecule has 2 amide bonds. The molecule has 0 atom stereocenters. The average Bonchev–Trinajstić information content (AvgIpc) is 3.11. The zero-order chi connectivity index (χ0) is 18.9. The van der Waals surface area contributed by atoms with Crippen LogP contribution in [0.4, 0.5) is 0 Å². The first-order valence-corrected chi connectivity index (χ1v) is 10.5. The number of nitrogens with zero attached hydrogens (tertiary/aromatic N) is 3. The van der Waals surface area contributed by atoms with Crippen LogP contribution in [0, 0.1) is 0 Å². The number of carbonyl (C=O) groups excluding carboxylic acids is 2. The van der Waals surface area contributed by atoms with E-state index in [2.05, 4.69) is 15.5 Å². The third-order valence-corrected chi connectivity index (χ3v) is 6.43. The van der Waals surface area contributed by atoms with Gasteiger partial charge in [0.1, 0.15) is 5.75 Å². The summed E-state index contributed by atoms with van der Waals surface area (Å²) in [6.45, 7) is 0.00543. The van der Waals surface area contributed by atoms with Crippen molar-refractivity contribution < 1.29 is 14.3 Å². The summed E-state index contributed by atoms with van der Waals surface area (Å²) in [7, 11) is 4.94. The number of benzene rings is 1. The van der Waals surface area contributed by atoms with Gasteiger partial charge in [-0.1, -0.05) is 47.0 Å². The molecule has 1 aromatic heterocycles. The number of carbonyl (C=O) groups is 2. The average molecular weight is 413 g/mol. The lowest BCUT2D eigenvalue weighted by atomic mass is 10.2. The number of ether oxygens (including phenoxy) is 1. The predicted molar refractivity (Wildman–Crippen MR) is 105 cm³/mol. The molecule has 7 nitrogen and oxygen atoms in total. The Labute approximate surface area is 164 Å². The highest BCUT2D eigenvalue weighted by Gasteiger charge is 2.10. The van der Waals surface area contributed by atoms with Gasteiger partial charge in [-0.2, -0.15) is 0 Å². The molecule has 26 heavy (non-hydrogen) atoms. The fourth-order valence-corrected chi connectivity index (χ4v) is 4.50. The number of nitrogens with one attached hydrogen (secondary N) is 1. The largest absolute Gasteiger partial charge is 0.497 e. The molecule has 0 fully saturated rings. The Bertz CT molecular complexity index is 735. The van der Waals surface area contributed by atoms with Gasteiger partial charge in [-0.05, 0) is 17.7 Å². The third kappa shape index (κ3) is 6.85. The predicted octanol–water partition coefficient (Wildman–Crippen LogP) is 2.14. The van der Waals surface area contributed by atoms with Gasteiger partial charge in [-0.3, -0.25) is 9.59 Å². The van der Waals surface area contributed by atoms with E-state index in [-0.39, 0.29) is 24.1 Å². The highest BCUT2D eigenvalue weighted by molar-refractivity contribution is 8.03. The van der Waals surface area contributed by atoms with Crippen molar-refractivity contribution in [1.29, 1.82) is 0 Å². The fourth-order valence-electron chi connectivity index (χ4n) is 1.69. The molecule has 0 saturated carbocycles. The number of likely N-dealkylation sites (N-methyl/N-ethyl adjacent to an activating group) is 1. The first-order valence-electron chi connectivity index (χ1n) is 7.67. The molecule has 0 unspecified atom stereocenters. The second-order valence-electron chi connectivity index (χ2n) is 5.32. The van der Waals surface area contributed by atoms with E-state index in [1.54, 1.807) is 33.0 Å². The number of methoxy groups -OCH3 is 1. The molecule has 0 aliphatic carbocycles. The van der Waals surface area contributed by atoms with Gasteiger partial charge < -0.3 is 15.0 Å². The standard InChI is InChI=1S/C16H20N4O3S3/c1-20(2)14(22)8-17-13(21)10-25-16-19-18-15(26-16)24-9-11-4-6-12(23-3)7-5-11/h4-7H,8-10H2,1-3H3,(H,17,21). The van der Waals surface area contributed by atoms with E-state index in [1.165, 1.54) is 33.6 Å². The molecule has 2 rings (SSSR count). The van der Waals surface area contributed by atoms with E-state index in [0.29, 0.717) is 0 Å². The number of amides is 2. The molecule has 0 spiro atoms. The Balaban J connectivity index is 1.73. The second kappa shape index (κ2) is 10.4. The van der Waals surface area contributed by atoms with Crippen LogP contribution >= 0.6 is 34.9 Å². The summed E-state index contributed by atoms with van der Waals surface area (Å²) in [4.78, 5) is 24.6. The molecule has 140 valence electrons. The summed E-state index contributed by atoms with van der Waals surface area (Å²) in [5.74, 6) is 1.48. The third-order valence-electron chi connectivity index (χ3n) is 3.17. The summed E-state index contributed by atoms with van der Waals surface area (Å²) in [5.41, 5.74) is 1.17. The summed E-state index contributed by atoms with van der Waals surface area (Å²) in [6.07, 6.45) is 0. The van der Waals surface area contributed by atoms with Crippen molar-refractivity contribution in [2.24, 2.45) is 0 Å². The zero-order valence-corrected chi connectivity index (χ0v) is 17.2. The van der Waals surface area contributed by atoms with Crippen LogP contribution in [0.1, 0.15) is 5.56 Å². The SMILES string of the molecule is COc1ccc(CSc2nnc(SCC(=O)NCC(=O)N(C)C)s2)cc1. The number of hydrogen-bond acceptors (Lipinski definition) is 8. The molecule has 1 heterocycles. The smallest absolute Gasteiger partial charge is 0.241 e. The van der Waals surface area contributed by atoms with Gasteiger partial charge in [0.2, 0.25) is 11.8 Å².